The first kappa shape index (κ1) is 14.4. The van der Waals surface area contributed by atoms with Gasteiger partial charge in [0, 0.05) is 18.7 Å². The number of unbranched alkanes of at least 4 members (excludes halogenated alkanes) is 6. The molecule has 0 saturated carbocycles. The van der Waals surface area contributed by atoms with Gasteiger partial charge >= 0.3 is 0 Å². The van der Waals surface area contributed by atoms with E-state index < -0.39 is 0 Å². The van der Waals surface area contributed by atoms with Crippen molar-refractivity contribution in [3.8, 4) is 11.8 Å². The maximum atomic E-state index is 9.14. The smallest absolute Gasteiger partial charge is 0.115 e. The summed E-state index contributed by atoms with van der Waals surface area (Å²) < 4.78 is 0. The molecule has 0 fully saturated rings. The molecule has 0 amide bonds. The van der Waals surface area contributed by atoms with E-state index in [4.69, 9.17) is 10.4 Å². The van der Waals surface area contributed by atoms with Crippen LogP contribution in [0.1, 0.15) is 44.9 Å². The molecule has 3 nitrogen and oxygen atoms in total. The summed E-state index contributed by atoms with van der Waals surface area (Å²) in [5, 5.41) is 20.9. The van der Waals surface area contributed by atoms with Crippen molar-refractivity contribution in [2.75, 3.05) is 11.9 Å². The van der Waals surface area contributed by atoms with E-state index in [0.717, 1.165) is 18.7 Å². The molecule has 0 saturated heterocycles. The molecule has 0 spiro atoms. The van der Waals surface area contributed by atoms with Crippen LogP contribution in [0.15, 0.2) is 24.3 Å². The van der Waals surface area contributed by atoms with Gasteiger partial charge in [0.1, 0.15) is 5.75 Å². The standard InChI is InChI=1S/C15H22N2O/c16-12-6-4-2-1-3-5-7-13-17-14-8-10-15(18)11-9-14/h8-11,17-18H,1-7,13H2. The molecule has 0 aliphatic carbocycles. The highest BCUT2D eigenvalue weighted by atomic mass is 16.3. The Bertz CT molecular complexity index is 354. The van der Waals surface area contributed by atoms with E-state index in [1.54, 1.807) is 12.1 Å². The fraction of sp³-hybridized carbons (Fsp3) is 0.533. The van der Waals surface area contributed by atoms with Crippen LogP contribution >= 0.6 is 0 Å². The minimum atomic E-state index is 0.304. The number of phenolic OH excluding ortho intramolecular Hbond substituents is 1. The average Bonchev–Trinajstić information content (AvgIpc) is 2.39. The second-order valence-electron chi connectivity index (χ2n) is 4.50. The van der Waals surface area contributed by atoms with Gasteiger partial charge in [-0.15, -0.1) is 0 Å². The lowest BCUT2D eigenvalue weighted by Gasteiger charge is -2.06. The molecule has 1 aromatic rings. The summed E-state index contributed by atoms with van der Waals surface area (Å²) in [6.45, 7) is 0.975. The molecule has 2 N–H and O–H groups in total. The van der Waals surface area contributed by atoms with Gasteiger partial charge in [-0.05, 0) is 37.1 Å². The van der Waals surface area contributed by atoms with E-state index >= 15 is 0 Å². The van der Waals surface area contributed by atoms with Crippen LogP contribution in [0.5, 0.6) is 5.75 Å². The SMILES string of the molecule is N#CCCCCCCCCNc1ccc(O)cc1. The monoisotopic (exact) mass is 246 g/mol. The molecule has 18 heavy (non-hydrogen) atoms. The maximum Gasteiger partial charge on any atom is 0.115 e. The first-order chi connectivity index (χ1) is 8.83. The first-order valence-electron chi connectivity index (χ1n) is 6.73. The maximum absolute atomic E-state index is 9.14. The van der Waals surface area contributed by atoms with Crippen molar-refractivity contribution in [2.45, 2.75) is 44.9 Å². The molecular weight excluding hydrogens is 224 g/mol. The van der Waals surface area contributed by atoms with E-state index in [2.05, 4.69) is 11.4 Å². The van der Waals surface area contributed by atoms with Crippen molar-refractivity contribution in [2.24, 2.45) is 0 Å². The van der Waals surface area contributed by atoms with Gasteiger partial charge in [0.25, 0.3) is 0 Å². The number of nitrogens with zero attached hydrogens (tertiary/aromatic N) is 1. The second-order valence-corrected chi connectivity index (χ2v) is 4.50. The third kappa shape index (κ3) is 6.80. The third-order valence-electron chi connectivity index (χ3n) is 2.91. The summed E-state index contributed by atoms with van der Waals surface area (Å²) in [5.74, 6) is 0.304. The zero-order chi connectivity index (χ0) is 13.1. The van der Waals surface area contributed by atoms with Gasteiger partial charge in [0.2, 0.25) is 0 Å². The first-order valence-corrected chi connectivity index (χ1v) is 6.73. The average molecular weight is 246 g/mol. The van der Waals surface area contributed by atoms with E-state index in [0.29, 0.717) is 12.2 Å². The number of nitriles is 1. The minimum Gasteiger partial charge on any atom is -0.508 e. The predicted octanol–water partition coefficient (Wildman–Crippen LogP) is 4.06. The zero-order valence-electron chi connectivity index (χ0n) is 10.9. The largest absolute Gasteiger partial charge is 0.508 e. The molecule has 0 aliphatic rings. The molecule has 1 rings (SSSR count). The van der Waals surface area contributed by atoms with Crippen molar-refractivity contribution >= 4 is 5.69 Å². The van der Waals surface area contributed by atoms with Crippen molar-refractivity contribution in [3.63, 3.8) is 0 Å². The Labute approximate surface area is 109 Å². The lowest BCUT2D eigenvalue weighted by molar-refractivity contribution is 0.475. The fourth-order valence-electron chi connectivity index (χ4n) is 1.85. The van der Waals surface area contributed by atoms with Gasteiger partial charge < -0.3 is 10.4 Å². The molecule has 98 valence electrons. The Kier molecular flexibility index (Phi) is 7.47. The zero-order valence-corrected chi connectivity index (χ0v) is 10.9. The molecule has 0 aliphatic heterocycles. The van der Waals surface area contributed by atoms with Crippen LogP contribution in [0.25, 0.3) is 0 Å². The van der Waals surface area contributed by atoms with Gasteiger partial charge in [-0.2, -0.15) is 5.26 Å². The highest BCUT2D eigenvalue weighted by Gasteiger charge is 1.93. The van der Waals surface area contributed by atoms with Crippen molar-refractivity contribution in [3.05, 3.63) is 24.3 Å². The second kappa shape index (κ2) is 9.35. The van der Waals surface area contributed by atoms with Crippen LogP contribution in [-0.4, -0.2) is 11.7 Å². The van der Waals surface area contributed by atoms with Crippen LogP contribution in [-0.2, 0) is 0 Å². The van der Waals surface area contributed by atoms with Crippen LogP contribution in [0.4, 0.5) is 5.69 Å². The molecule has 0 bridgehead atoms. The molecule has 3 heteroatoms. The van der Waals surface area contributed by atoms with Crippen LogP contribution in [0, 0.1) is 11.3 Å². The summed E-state index contributed by atoms with van der Waals surface area (Å²) in [4.78, 5) is 0. The normalized spacial score (nSPS) is 9.94. The third-order valence-corrected chi connectivity index (χ3v) is 2.91. The van der Waals surface area contributed by atoms with Crippen molar-refractivity contribution in [1.29, 1.82) is 5.26 Å². The molecular formula is C15H22N2O. The summed E-state index contributed by atoms with van der Waals surface area (Å²) >= 11 is 0. The van der Waals surface area contributed by atoms with Gasteiger partial charge in [0.15, 0.2) is 0 Å². The molecule has 0 unspecified atom stereocenters. The topological polar surface area (TPSA) is 56.0 Å². The number of benzene rings is 1. The summed E-state index contributed by atoms with van der Waals surface area (Å²) in [6, 6.07) is 9.33. The lowest BCUT2D eigenvalue weighted by atomic mass is 10.1. The number of aromatic hydroxyl groups is 1. The predicted molar refractivity (Wildman–Crippen MR) is 74.5 cm³/mol. The number of phenols is 1. The quantitative estimate of drug-likeness (QED) is 0.510. The van der Waals surface area contributed by atoms with Crippen molar-refractivity contribution < 1.29 is 5.11 Å². The highest BCUT2D eigenvalue weighted by Crippen LogP contribution is 2.14. The lowest BCUT2D eigenvalue weighted by Crippen LogP contribution is -2.00. The highest BCUT2D eigenvalue weighted by molar-refractivity contribution is 5.45. The van der Waals surface area contributed by atoms with Gasteiger partial charge in [-0.3, -0.25) is 0 Å². The Morgan fingerprint density at radius 1 is 0.944 bits per heavy atom. The number of hydrogen-bond donors (Lipinski definition) is 2. The number of nitrogens with one attached hydrogen (secondary N) is 1. The number of anilines is 1. The van der Waals surface area contributed by atoms with E-state index in [1.165, 1.54) is 32.1 Å². The summed E-state index contributed by atoms with van der Waals surface area (Å²) in [6.07, 6.45) is 7.81. The van der Waals surface area contributed by atoms with E-state index in [1.807, 2.05) is 12.1 Å². The Morgan fingerprint density at radius 3 is 2.22 bits per heavy atom. The number of hydrogen-bond acceptors (Lipinski definition) is 3. The van der Waals surface area contributed by atoms with Crippen LogP contribution in [0.3, 0.4) is 0 Å². The summed E-state index contributed by atoms with van der Waals surface area (Å²) in [7, 11) is 0. The Hall–Kier alpha value is -1.69. The van der Waals surface area contributed by atoms with Crippen LogP contribution in [0.2, 0.25) is 0 Å². The minimum absolute atomic E-state index is 0.304. The van der Waals surface area contributed by atoms with Crippen LogP contribution < -0.4 is 5.32 Å². The van der Waals surface area contributed by atoms with E-state index in [9.17, 15) is 0 Å². The van der Waals surface area contributed by atoms with Gasteiger partial charge in [-0.1, -0.05) is 25.7 Å². The number of rotatable bonds is 9. The Balaban J connectivity index is 1.93. The van der Waals surface area contributed by atoms with E-state index in [-0.39, 0.29) is 0 Å². The fourth-order valence-corrected chi connectivity index (χ4v) is 1.85. The molecule has 0 atom stereocenters. The Morgan fingerprint density at radius 2 is 1.56 bits per heavy atom. The molecule has 0 radical (unpaired) electrons. The molecule has 1 aromatic carbocycles. The summed E-state index contributed by atoms with van der Waals surface area (Å²) in [5.41, 5.74) is 1.06. The molecule has 0 aromatic heterocycles. The van der Waals surface area contributed by atoms with Crippen molar-refractivity contribution in [1.82, 2.24) is 0 Å². The molecule has 0 heterocycles. The van der Waals surface area contributed by atoms with Gasteiger partial charge in [0.05, 0.1) is 6.07 Å². The van der Waals surface area contributed by atoms with Gasteiger partial charge in [-0.25, -0.2) is 0 Å².